The van der Waals surface area contributed by atoms with Gasteiger partial charge >= 0.3 is 0 Å². The minimum Gasteiger partial charge on any atom is -0.379 e. The van der Waals surface area contributed by atoms with Crippen LogP contribution in [0.25, 0.3) is 0 Å². The molecule has 0 aromatic rings. The lowest BCUT2D eigenvalue weighted by Crippen LogP contribution is -2.52. The van der Waals surface area contributed by atoms with E-state index < -0.39 is 5.41 Å². The molecule has 102 valence electrons. The molecule has 0 saturated carbocycles. The maximum Gasteiger partial charge on any atom is 0.232 e. The number of nitrogens with two attached hydrogens (primary N) is 1. The molecule has 1 amide bonds. The maximum atomic E-state index is 12.6. The van der Waals surface area contributed by atoms with Gasteiger partial charge in [-0.2, -0.15) is 5.26 Å². The Morgan fingerprint density at radius 1 is 1.67 bits per heavy atom. The Morgan fingerprint density at radius 2 is 2.33 bits per heavy atom. The van der Waals surface area contributed by atoms with Crippen molar-refractivity contribution < 1.29 is 9.53 Å². The molecule has 1 fully saturated rings. The highest BCUT2D eigenvalue weighted by molar-refractivity contribution is 5.83. The third-order valence-corrected chi connectivity index (χ3v) is 3.37. The summed E-state index contributed by atoms with van der Waals surface area (Å²) in [7, 11) is 0. The monoisotopic (exact) mass is 253 g/mol. The first-order chi connectivity index (χ1) is 8.41. The largest absolute Gasteiger partial charge is 0.379 e. The number of amides is 1. The highest BCUT2D eigenvalue weighted by atomic mass is 16.5. The molecule has 0 aromatic heterocycles. The lowest BCUT2D eigenvalue weighted by Gasteiger charge is -2.33. The summed E-state index contributed by atoms with van der Waals surface area (Å²) in [5, 5.41) is 8.68. The molecule has 0 radical (unpaired) electrons. The van der Waals surface area contributed by atoms with Gasteiger partial charge in [-0.1, -0.05) is 13.8 Å². The second kappa shape index (κ2) is 6.17. The molecule has 1 rings (SSSR count). The van der Waals surface area contributed by atoms with Crippen molar-refractivity contribution in [2.24, 2.45) is 17.1 Å². The summed E-state index contributed by atoms with van der Waals surface area (Å²) in [5.41, 5.74) is 5.33. The summed E-state index contributed by atoms with van der Waals surface area (Å²) in [6.45, 7) is 7.88. The Hall–Kier alpha value is -1.12. The van der Waals surface area contributed by atoms with Crippen LogP contribution in [0, 0.1) is 22.7 Å². The fourth-order valence-electron chi connectivity index (χ4n) is 2.17. The number of rotatable bonds is 5. The number of nitrogens with zero attached hydrogens (tertiary/aromatic N) is 2. The molecular formula is C13H23N3O2. The molecule has 5 nitrogen and oxygen atoms in total. The van der Waals surface area contributed by atoms with Gasteiger partial charge in [0.1, 0.15) is 0 Å². The van der Waals surface area contributed by atoms with Gasteiger partial charge in [0, 0.05) is 19.1 Å². The van der Waals surface area contributed by atoms with Crippen LogP contribution < -0.4 is 5.73 Å². The van der Waals surface area contributed by atoms with Gasteiger partial charge in [0.25, 0.3) is 0 Å². The normalized spacial score (nSPS) is 27.2. The van der Waals surface area contributed by atoms with Crippen LogP contribution in [0.3, 0.4) is 0 Å². The molecule has 1 heterocycles. The van der Waals surface area contributed by atoms with Crippen LogP contribution in [0.15, 0.2) is 0 Å². The van der Waals surface area contributed by atoms with Crippen LogP contribution in [0.2, 0.25) is 0 Å². The van der Waals surface area contributed by atoms with Gasteiger partial charge in [-0.25, -0.2) is 0 Å². The highest BCUT2D eigenvalue weighted by Gasteiger charge is 2.46. The summed E-state index contributed by atoms with van der Waals surface area (Å²) in [6.07, 6.45) is 0.352. The topological polar surface area (TPSA) is 79.3 Å². The molecule has 2 atom stereocenters. The smallest absolute Gasteiger partial charge is 0.232 e. The van der Waals surface area contributed by atoms with E-state index in [1.54, 1.807) is 4.90 Å². The van der Waals surface area contributed by atoms with E-state index in [0.717, 1.165) is 0 Å². The second-order valence-corrected chi connectivity index (χ2v) is 5.59. The molecule has 2 N–H and O–H groups in total. The first kappa shape index (κ1) is 14.9. The van der Waals surface area contributed by atoms with Crippen molar-refractivity contribution in [3.8, 4) is 6.07 Å². The molecule has 18 heavy (non-hydrogen) atoms. The van der Waals surface area contributed by atoms with E-state index in [4.69, 9.17) is 15.7 Å². The van der Waals surface area contributed by atoms with Gasteiger partial charge in [0.05, 0.1) is 31.1 Å². The Kier molecular flexibility index (Phi) is 5.12. The molecule has 2 unspecified atom stereocenters. The summed E-state index contributed by atoms with van der Waals surface area (Å²) >= 11 is 0. The summed E-state index contributed by atoms with van der Waals surface area (Å²) in [6, 6.07) is 1.82. The molecule has 0 spiro atoms. The zero-order valence-electron chi connectivity index (χ0n) is 11.5. The summed E-state index contributed by atoms with van der Waals surface area (Å²) in [4.78, 5) is 14.3. The van der Waals surface area contributed by atoms with Crippen LogP contribution in [0.4, 0.5) is 0 Å². The van der Waals surface area contributed by atoms with Crippen LogP contribution in [-0.2, 0) is 9.53 Å². The van der Waals surface area contributed by atoms with E-state index in [2.05, 4.69) is 19.9 Å². The predicted octanol–water partition coefficient (Wildman–Crippen LogP) is 0.748. The van der Waals surface area contributed by atoms with E-state index in [1.807, 2.05) is 6.92 Å². The molecule has 0 aliphatic carbocycles. The molecule has 1 aliphatic heterocycles. The molecular weight excluding hydrogens is 230 g/mol. The summed E-state index contributed by atoms with van der Waals surface area (Å²) < 4.78 is 5.32. The quantitative estimate of drug-likeness (QED) is 0.784. The van der Waals surface area contributed by atoms with Crippen molar-refractivity contribution in [1.29, 1.82) is 5.26 Å². The van der Waals surface area contributed by atoms with Crippen molar-refractivity contribution >= 4 is 5.91 Å². The Labute approximate surface area is 109 Å². The molecule has 0 aromatic carbocycles. The van der Waals surface area contributed by atoms with E-state index in [-0.39, 0.29) is 11.9 Å². The fourth-order valence-corrected chi connectivity index (χ4v) is 2.17. The lowest BCUT2D eigenvalue weighted by molar-refractivity contribution is -0.142. The van der Waals surface area contributed by atoms with E-state index in [9.17, 15) is 4.79 Å². The number of hydrogen-bond donors (Lipinski definition) is 1. The van der Waals surface area contributed by atoms with Gasteiger partial charge in [-0.15, -0.1) is 0 Å². The first-order valence-electron chi connectivity index (χ1n) is 6.41. The SMILES string of the molecule is CC(C)CN(CCC#N)C(=O)C1(C)COCC1N. The number of hydrogen-bond acceptors (Lipinski definition) is 4. The van der Waals surface area contributed by atoms with Gasteiger partial charge in [-0.3, -0.25) is 4.79 Å². The number of ether oxygens (including phenoxy) is 1. The third kappa shape index (κ3) is 3.21. The maximum absolute atomic E-state index is 12.6. The number of carbonyl (C=O) groups excluding carboxylic acids is 1. The van der Waals surface area contributed by atoms with Crippen LogP contribution in [0.1, 0.15) is 27.2 Å². The van der Waals surface area contributed by atoms with Crippen molar-refractivity contribution in [2.75, 3.05) is 26.3 Å². The van der Waals surface area contributed by atoms with Gasteiger partial charge in [0.15, 0.2) is 0 Å². The molecule has 5 heteroatoms. The zero-order chi connectivity index (χ0) is 13.8. The van der Waals surface area contributed by atoms with E-state index >= 15 is 0 Å². The van der Waals surface area contributed by atoms with Crippen molar-refractivity contribution in [2.45, 2.75) is 33.2 Å². The number of carbonyl (C=O) groups is 1. The molecule has 0 bridgehead atoms. The standard InChI is InChI=1S/C13H23N3O2/c1-10(2)7-16(6-4-5-14)12(17)13(3)9-18-8-11(13)15/h10-11H,4,6-9,15H2,1-3H3. The van der Waals surface area contributed by atoms with Gasteiger partial charge < -0.3 is 15.4 Å². The van der Waals surface area contributed by atoms with Crippen LogP contribution >= 0.6 is 0 Å². The Balaban J connectivity index is 2.78. The van der Waals surface area contributed by atoms with E-state index in [1.165, 1.54) is 0 Å². The first-order valence-corrected chi connectivity index (χ1v) is 6.41. The average molecular weight is 253 g/mol. The predicted molar refractivity (Wildman–Crippen MR) is 68.5 cm³/mol. The second-order valence-electron chi connectivity index (χ2n) is 5.59. The third-order valence-electron chi connectivity index (χ3n) is 3.37. The molecule has 1 saturated heterocycles. The van der Waals surface area contributed by atoms with Crippen LogP contribution in [-0.4, -0.2) is 43.2 Å². The lowest BCUT2D eigenvalue weighted by atomic mass is 9.84. The van der Waals surface area contributed by atoms with Crippen molar-refractivity contribution in [3.63, 3.8) is 0 Å². The zero-order valence-corrected chi connectivity index (χ0v) is 11.5. The minimum atomic E-state index is -0.648. The fraction of sp³-hybridized carbons (Fsp3) is 0.846. The Bertz CT molecular complexity index is 338. The van der Waals surface area contributed by atoms with Gasteiger partial charge in [0.2, 0.25) is 5.91 Å². The number of nitriles is 1. The van der Waals surface area contributed by atoms with Gasteiger partial charge in [-0.05, 0) is 12.8 Å². The summed E-state index contributed by atoms with van der Waals surface area (Å²) in [5.74, 6) is 0.381. The Morgan fingerprint density at radius 3 is 2.78 bits per heavy atom. The minimum absolute atomic E-state index is 0.0106. The van der Waals surface area contributed by atoms with Crippen LogP contribution in [0.5, 0.6) is 0 Å². The van der Waals surface area contributed by atoms with E-state index in [0.29, 0.717) is 38.6 Å². The highest BCUT2D eigenvalue weighted by Crippen LogP contribution is 2.29. The average Bonchev–Trinajstić information content (AvgIpc) is 2.65. The van der Waals surface area contributed by atoms with Crippen molar-refractivity contribution in [3.05, 3.63) is 0 Å². The molecule has 1 aliphatic rings. The van der Waals surface area contributed by atoms with Crippen molar-refractivity contribution in [1.82, 2.24) is 4.90 Å².